The first kappa shape index (κ1) is 16.1. The number of piperidine rings is 1. The molecular weight excluding hydrogens is 313 g/mol. The molecule has 1 aliphatic rings. The SMILES string of the molecule is CNC1CCN(C(=O)c2csc(Cc3ccc(F)cc3)n2)CC1. The molecule has 1 saturated heterocycles. The van der Waals surface area contributed by atoms with Gasteiger partial charge in [-0.2, -0.15) is 0 Å². The number of hydrogen-bond acceptors (Lipinski definition) is 4. The van der Waals surface area contributed by atoms with E-state index < -0.39 is 0 Å². The van der Waals surface area contributed by atoms with Crippen molar-refractivity contribution in [3.05, 3.63) is 51.7 Å². The van der Waals surface area contributed by atoms with Crippen molar-refractivity contribution in [3.63, 3.8) is 0 Å². The van der Waals surface area contributed by atoms with Crippen LogP contribution < -0.4 is 5.32 Å². The maximum Gasteiger partial charge on any atom is 0.273 e. The van der Waals surface area contributed by atoms with Crippen LogP contribution in [-0.4, -0.2) is 42.0 Å². The van der Waals surface area contributed by atoms with Crippen LogP contribution in [-0.2, 0) is 6.42 Å². The Morgan fingerprint density at radius 3 is 2.70 bits per heavy atom. The van der Waals surface area contributed by atoms with E-state index in [1.54, 1.807) is 12.1 Å². The number of nitrogens with one attached hydrogen (secondary N) is 1. The molecule has 4 nitrogen and oxygen atoms in total. The van der Waals surface area contributed by atoms with Crippen LogP contribution >= 0.6 is 11.3 Å². The Hall–Kier alpha value is -1.79. The average Bonchev–Trinajstić information content (AvgIpc) is 3.05. The number of rotatable bonds is 4. The number of benzene rings is 1. The minimum Gasteiger partial charge on any atom is -0.337 e. The van der Waals surface area contributed by atoms with Crippen molar-refractivity contribution in [1.82, 2.24) is 15.2 Å². The Morgan fingerprint density at radius 1 is 1.35 bits per heavy atom. The van der Waals surface area contributed by atoms with Crippen molar-refractivity contribution in [2.45, 2.75) is 25.3 Å². The quantitative estimate of drug-likeness (QED) is 0.936. The maximum absolute atomic E-state index is 12.9. The molecule has 1 N–H and O–H groups in total. The lowest BCUT2D eigenvalue weighted by Crippen LogP contribution is -2.44. The Bertz CT molecular complexity index is 663. The van der Waals surface area contributed by atoms with E-state index in [1.807, 2.05) is 17.3 Å². The summed E-state index contributed by atoms with van der Waals surface area (Å²) in [6, 6.07) is 6.90. The van der Waals surface area contributed by atoms with Gasteiger partial charge in [-0.1, -0.05) is 12.1 Å². The van der Waals surface area contributed by atoms with E-state index in [4.69, 9.17) is 0 Å². The molecule has 2 aromatic rings. The normalized spacial score (nSPS) is 15.8. The number of likely N-dealkylation sites (tertiary alicyclic amines) is 1. The van der Waals surface area contributed by atoms with Gasteiger partial charge in [0.2, 0.25) is 0 Å². The van der Waals surface area contributed by atoms with Gasteiger partial charge in [-0.15, -0.1) is 11.3 Å². The topological polar surface area (TPSA) is 45.2 Å². The van der Waals surface area contributed by atoms with E-state index in [2.05, 4.69) is 10.3 Å². The van der Waals surface area contributed by atoms with Crippen molar-refractivity contribution in [3.8, 4) is 0 Å². The number of thiazole rings is 1. The zero-order valence-corrected chi connectivity index (χ0v) is 13.9. The van der Waals surface area contributed by atoms with Gasteiger partial charge in [0.05, 0.1) is 5.01 Å². The molecule has 0 bridgehead atoms. The van der Waals surface area contributed by atoms with Gasteiger partial charge in [-0.3, -0.25) is 4.79 Å². The van der Waals surface area contributed by atoms with Crippen molar-refractivity contribution < 1.29 is 9.18 Å². The van der Waals surface area contributed by atoms with Crippen molar-refractivity contribution in [2.24, 2.45) is 0 Å². The molecule has 3 rings (SSSR count). The first-order valence-electron chi connectivity index (χ1n) is 7.81. The Morgan fingerprint density at radius 2 is 2.04 bits per heavy atom. The molecule has 0 unspecified atom stereocenters. The molecule has 1 aromatic carbocycles. The minimum absolute atomic E-state index is 0.0150. The van der Waals surface area contributed by atoms with Gasteiger partial charge < -0.3 is 10.2 Å². The van der Waals surface area contributed by atoms with Crippen molar-refractivity contribution in [2.75, 3.05) is 20.1 Å². The third kappa shape index (κ3) is 3.95. The molecule has 0 radical (unpaired) electrons. The van der Waals surface area contributed by atoms with E-state index in [-0.39, 0.29) is 11.7 Å². The van der Waals surface area contributed by atoms with Gasteiger partial charge in [-0.25, -0.2) is 9.37 Å². The van der Waals surface area contributed by atoms with Gasteiger partial charge >= 0.3 is 0 Å². The van der Waals surface area contributed by atoms with E-state index in [0.29, 0.717) is 18.2 Å². The summed E-state index contributed by atoms with van der Waals surface area (Å²) < 4.78 is 12.9. The number of amides is 1. The summed E-state index contributed by atoms with van der Waals surface area (Å²) >= 11 is 1.48. The second kappa shape index (κ2) is 7.19. The number of carbonyl (C=O) groups excluding carboxylic acids is 1. The zero-order chi connectivity index (χ0) is 16.2. The molecule has 0 spiro atoms. The highest BCUT2D eigenvalue weighted by molar-refractivity contribution is 7.09. The summed E-state index contributed by atoms with van der Waals surface area (Å²) in [4.78, 5) is 18.8. The molecule has 2 heterocycles. The summed E-state index contributed by atoms with van der Waals surface area (Å²) in [5.74, 6) is -0.227. The molecule has 0 atom stereocenters. The summed E-state index contributed by atoms with van der Waals surface area (Å²) in [6.07, 6.45) is 2.59. The molecule has 1 fully saturated rings. The lowest BCUT2D eigenvalue weighted by Gasteiger charge is -2.31. The van der Waals surface area contributed by atoms with Crippen LogP contribution in [0.5, 0.6) is 0 Å². The lowest BCUT2D eigenvalue weighted by molar-refractivity contribution is 0.0702. The van der Waals surface area contributed by atoms with Crippen LogP contribution in [0.1, 0.15) is 33.9 Å². The van der Waals surface area contributed by atoms with Crippen molar-refractivity contribution in [1.29, 1.82) is 0 Å². The predicted molar refractivity (Wildman–Crippen MR) is 89.3 cm³/mol. The number of nitrogens with zero attached hydrogens (tertiary/aromatic N) is 2. The summed E-state index contributed by atoms with van der Waals surface area (Å²) in [5, 5.41) is 5.96. The fourth-order valence-corrected chi connectivity index (χ4v) is 3.60. The second-order valence-corrected chi connectivity index (χ2v) is 6.73. The molecule has 122 valence electrons. The summed E-state index contributed by atoms with van der Waals surface area (Å²) in [7, 11) is 1.96. The molecule has 6 heteroatoms. The Labute approximate surface area is 139 Å². The molecule has 1 aromatic heterocycles. The predicted octanol–water partition coefficient (Wildman–Crippen LogP) is 2.70. The number of halogens is 1. The first-order valence-corrected chi connectivity index (χ1v) is 8.69. The van der Waals surface area contributed by atoms with Gasteiger partial charge in [-0.05, 0) is 37.6 Å². The maximum atomic E-state index is 12.9. The highest BCUT2D eigenvalue weighted by Gasteiger charge is 2.24. The van der Waals surface area contributed by atoms with Crippen LogP contribution in [0.2, 0.25) is 0 Å². The summed E-state index contributed by atoms with van der Waals surface area (Å²) in [5.41, 5.74) is 1.52. The monoisotopic (exact) mass is 333 g/mol. The molecule has 1 aliphatic heterocycles. The zero-order valence-electron chi connectivity index (χ0n) is 13.1. The van der Waals surface area contributed by atoms with E-state index >= 15 is 0 Å². The van der Waals surface area contributed by atoms with Gasteiger partial charge in [0.1, 0.15) is 11.5 Å². The minimum atomic E-state index is -0.242. The molecule has 1 amide bonds. The van der Waals surface area contributed by atoms with Crippen LogP contribution in [0, 0.1) is 5.82 Å². The molecule has 23 heavy (non-hydrogen) atoms. The number of hydrogen-bond donors (Lipinski definition) is 1. The first-order chi connectivity index (χ1) is 11.2. The summed E-state index contributed by atoms with van der Waals surface area (Å²) in [6.45, 7) is 1.55. The standard InChI is InChI=1S/C17H20FN3OS/c1-19-14-6-8-21(9-7-14)17(22)15-11-23-16(20-15)10-12-2-4-13(18)5-3-12/h2-5,11,14,19H,6-10H2,1H3. The third-order valence-corrected chi connectivity index (χ3v) is 5.08. The lowest BCUT2D eigenvalue weighted by atomic mass is 10.1. The van der Waals surface area contributed by atoms with Crippen molar-refractivity contribution >= 4 is 17.2 Å². The fourth-order valence-electron chi connectivity index (χ4n) is 2.80. The highest BCUT2D eigenvalue weighted by Crippen LogP contribution is 2.18. The third-order valence-electron chi connectivity index (χ3n) is 4.23. The Kier molecular flexibility index (Phi) is 5.03. The van der Waals surface area contributed by atoms with E-state index in [1.165, 1.54) is 23.5 Å². The van der Waals surface area contributed by atoms with Crippen LogP contribution in [0.3, 0.4) is 0 Å². The van der Waals surface area contributed by atoms with Gasteiger partial charge in [0, 0.05) is 30.9 Å². The van der Waals surface area contributed by atoms with Crippen LogP contribution in [0.4, 0.5) is 4.39 Å². The van der Waals surface area contributed by atoms with Gasteiger partial charge in [0.15, 0.2) is 0 Å². The molecule has 0 saturated carbocycles. The molecular formula is C17H20FN3OS. The average molecular weight is 333 g/mol. The Balaban J connectivity index is 1.62. The molecule has 0 aliphatic carbocycles. The van der Waals surface area contributed by atoms with E-state index in [0.717, 1.165) is 36.5 Å². The van der Waals surface area contributed by atoms with Crippen LogP contribution in [0.25, 0.3) is 0 Å². The smallest absolute Gasteiger partial charge is 0.273 e. The number of carbonyl (C=O) groups is 1. The van der Waals surface area contributed by atoms with Crippen LogP contribution in [0.15, 0.2) is 29.6 Å². The van der Waals surface area contributed by atoms with Gasteiger partial charge in [0.25, 0.3) is 5.91 Å². The number of aromatic nitrogens is 1. The van der Waals surface area contributed by atoms with E-state index in [9.17, 15) is 9.18 Å². The largest absolute Gasteiger partial charge is 0.337 e. The fraction of sp³-hybridized carbons (Fsp3) is 0.412. The second-order valence-electron chi connectivity index (χ2n) is 5.78. The highest BCUT2D eigenvalue weighted by atomic mass is 32.1.